The third-order valence-electron chi connectivity index (χ3n) is 4.05. The van der Waals surface area contributed by atoms with Crippen LogP contribution in [0.5, 0.6) is 0 Å². The Balaban J connectivity index is 2.06. The summed E-state index contributed by atoms with van der Waals surface area (Å²) in [6.45, 7) is 5.62. The number of para-hydroxylation sites is 1. The third kappa shape index (κ3) is 4.56. The standard InChI is InChI=1S/C19H22N2O4/c1-4-13(2)15-9-5-6-10-16(15)20-18(22)14(3)25-19(23)17-11-7-8-12-21(17)24/h5-14H,4H2,1-3H3,(H,20,22)/t13-,14-/m1/s1. The number of aromatic nitrogens is 1. The van der Waals surface area contributed by atoms with Crippen LogP contribution in [0.1, 0.15) is 49.2 Å². The van der Waals surface area contributed by atoms with E-state index in [1.54, 1.807) is 6.07 Å². The van der Waals surface area contributed by atoms with Gasteiger partial charge in [0.1, 0.15) is 0 Å². The van der Waals surface area contributed by atoms with E-state index < -0.39 is 18.0 Å². The molecule has 0 saturated carbocycles. The molecule has 1 N–H and O–H groups in total. The van der Waals surface area contributed by atoms with Crippen molar-refractivity contribution in [1.29, 1.82) is 0 Å². The lowest BCUT2D eigenvalue weighted by Crippen LogP contribution is -2.37. The molecule has 2 atom stereocenters. The molecule has 1 amide bonds. The lowest BCUT2D eigenvalue weighted by molar-refractivity contribution is -0.608. The van der Waals surface area contributed by atoms with Gasteiger partial charge in [-0.25, -0.2) is 4.79 Å². The fourth-order valence-corrected chi connectivity index (χ4v) is 2.36. The Morgan fingerprint density at radius 2 is 1.84 bits per heavy atom. The quantitative estimate of drug-likeness (QED) is 0.497. The molecule has 0 unspecified atom stereocenters. The van der Waals surface area contributed by atoms with Crippen molar-refractivity contribution < 1.29 is 19.1 Å². The topological polar surface area (TPSA) is 82.3 Å². The average Bonchev–Trinajstić information content (AvgIpc) is 2.61. The Morgan fingerprint density at radius 3 is 2.52 bits per heavy atom. The Kier molecular flexibility index (Phi) is 6.11. The molecule has 0 aliphatic carbocycles. The van der Waals surface area contributed by atoms with Crippen LogP contribution in [0.15, 0.2) is 48.7 Å². The fraction of sp³-hybridized carbons (Fsp3) is 0.316. The van der Waals surface area contributed by atoms with Crippen LogP contribution in [0.2, 0.25) is 0 Å². The van der Waals surface area contributed by atoms with Gasteiger partial charge in [-0.1, -0.05) is 32.0 Å². The van der Waals surface area contributed by atoms with E-state index in [2.05, 4.69) is 19.2 Å². The first-order valence-corrected chi connectivity index (χ1v) is 8.23. The highest BCUT2D eigenvalue weighted by atomic mass is 16.6. The van der Waals surface area contributed by atoms with Crippen molar-refractivity contribution in [3.8, 4) is 0 Å². The number of esters is 1. The molecule has 2 rings (SSSR count). The Hall–Kier alpha value is -2.89. The lowest BCUT2D eigenvalue weighted by atomic mass is 9.97. The maximum absolute atomic E-state index is 12.4. The average molecular weight is 342 g/mol. The van der Waals surface area contributed by atoms with Crippen molar-refractivity contribution in [2.75, 3.05) is 5.32 Å². The van der Waals surface area contributed by atoms with E-state index in [9.17, 15) is 14.8 Å². The van der Waals surface area contributed by atoms with Gasteiger partial charge in [-0.15, -0.1) is 0 Å². The molecule has 0 aliphatic rings. The molecule has 25 heavy (non-hydrogen) atoms. The van der Waals surface area contributed by atoms with Gasteiger partial charge < -0.3 is 15.3 Å². The summed E-state index contributed by atoms with van der Waals surface area (Å²) in [5.41, 5.74) is 1.56. The molecular weight excluding hydrogens is 320 g/mol. The van der Waals surface area contributed by atoms with Crippen LogP contribution in [0.4, 0.5) is 5.69 Å². The van der Waals surface area contributed by atoms with Gasteiger partial charge in [-0.05, 0) is 37.0 Å². The lowest BCUT2D eigenvalue weighted by Gasteiger charge is -2.18. The van der Waals surface area contributed by atoms with E-state index in [1.807, 2.05) is 24.3 Å². The van der Waals surface area contributed by atoms with Crippen LogP contribution in [-0.4, -0.2) is 18.0 Å². The molecule has 0 bridgehead atoms. The zero-order valence-electron chi connectivity index (χ0n) is 14.6. The van der Waals surface area contributed by atoms with Gasteiger partial charge >= 0.3 is 11.7 Å². The fourth-order valence-electron chi connectivity index (χ4n) is 2.36. The highest BCUT2D eigenvalue weighted by Crippen LogP contribution is 2.26. The highest BCUT2D eigenvalue weighted by Gasteiger charge is 2.24. The van der Waals surface area contributed by atoms with E-state index in [1.165, 1.54) is 25.3 Å². The number of carbonyl (C=O) groups is 2. The van der Waals surface area contributed by atoms with Crippen molar-refractivity contribution >= 4 is 17.6 Å². The first-order chi connectivity index (χ1) is 11.9. The van der Waals surface area contributed by atoms with Crippen LogP contribution in [0.25, 0.3) is 0 Å². The number of ether oxygens (including phenoxy) is 1. The minimum Gasteiger partial charge on any atom is -0.618 e. The number of anilines is 1. The summed E-state index contributed by atoms with van der Waals surface area (Å²) in [5.74, 6) is -0.996. The smallest absolute Gasteiger partial charge is 0.405 e. The van der Waals surface area contributed by atoms with E-state index in [4.69, 9.17) is 4.74 Å². The Bertz CT molecular complexity index is 761. The van der Waals surface area contributed by atoms with Crippen molar-refractivity contribution in [3.63, 3.8) is 0 Å². The molecule has 1 aromatic heterocycles. The number of hydrogen-bond acceptors (Lipinski definition) is 4. The van der Waals surface area contributed by atoms with E-state index >= 15 is 0 Å². The van der Waals surface area contributed by atoms with E-state index in [0.717, 1.165) is 12.0 Å². The monoisotopic (exact) mass is 342 g/mol. The molecule has 1 aromatic carbocycles. The molecule has 0 radical (unpaired) electrons. The van der Waals surface area contributed by atoms with Gasteiger partial charge in [0.25, 0.3) is 5.91 Å². The van der Waals surface area contributed by atoms with E-state index in [-0.39, 0.29) is 11.6 Å². The molecule has 0 spiro atoms. The molecule has 6 nitrogen and oxygen atoms in total. The van der Waals surface area contributed by atoms with Crippen LogP contribution in [-0.2, 0) is 9.53 Å². The number of nitrogens with one attached hydrogen (secondary N) is 1. The molecule has 1 heterocycles. The predicted molar refractivity (Wildman–Crippen MR) is 94.1 cm³/mol. The third-order valence-corrected chi connectivity index (χ3v) is 4.05. The van der Waals surface area contributed by atoms with Crippen LogP contribution in [0.3, 0.4) is 0 Å². The minimum absolute atomic E-state index is 0.165. The molecule has 0 aliphatic heterocycles. The second kappa shape index (κ2) is 8.28. The van der Waals surface area contributed by atoms with Crippen LogP contribution in [0, 0.1) is 5.21 Å². The Morgan fingerprint density at radius 1 is 1.16 bits per heavy atom. The minimum atomic E-state index is -1.03. The molecule has 132 valence electrons. The van der Waals surface area contributed by atoms with Gasteiger partial charge in [0, 0.05) is 17.8 Å². The molecule has 6 heteroatoms. The van der Waals surface area contributed by atoms with Crippen LogP contribution < -0.4 is 10.0 Å². The predicted octanol–water partition coefficient (Wildman–Crippen LogP) is 3.02. The number of hydrogen-bond donors (Lipinski definition) is 1. The SMILES string of the molecule is CC[C@@H](C)c1ccccc1NC(=O)[C@@H](C)OC(=O)c1cccc[n+]1[O-]. The largest absolute Gasteiger partial charge is 0.618 e. The first-order valence-electron chi connectivity index (χ1n) is 8.23. The number of nitrogens with zero attached hydrogens (tertiary/aromatic N) is 1. The summed E-state index contributed by atoms with van der Waals surface area (Å²) in [6.07, 6.45) is 1.11. The maximum atomic E-state index is 12.4. The van der Waals surface area contributed by atoms with Crippen LogP contribution >= 0.6 is 0 Å². The summed E-state index contributed by atoms with van der Waals surface area (Å²) in [5, 5.41) is 14.4. The van der Waals surface area contributed by atoms with Gasteiger partial charge in [-0.3, -0.25) is 4.79 Å². The van der Waals surface area contributed by atoms with Crippen molar-refractivity contribution in [1.82, 2.24) is 0 Å². The van der Waals surface area contributed by atoms with Crippen molar-refractivity contribution in [3.05, 3.63) is 65.1 Å². The van der Waals surface area contributed by atoms with Crippen molar-refractivity contribution in [2.24, 2.45) is 0 Å². The summed E-state index contributed by atoms with van der Waals surface area (Å²) in [4.78, 5) is 24.4. The van der Waals surface area contributed by atoms with E-state index in [0.29, 0.717) is 10.4 Å². The Labute approximate surface area is 147 Å². The second-order valence-corrected chi connectivity index (χ2v) is 5.85. The number of amides is 1. The normalized spacial score (nSPS) is 12.9. The van der Waals surface area contributed by atoms with Gasteiger partial charge in [0.15, 0.2) is 12.3 Å². The molecule has 0 fully saturated rings. The number of carbonyl (C=O) groups excluding carboxylic acids is 2. The molecule has 0 saturated heterocycles. The maximum Gasteiger partial charge on any atom is 0.405 e. The van der Waals surface area contributed by atoms with Gasteiger partial charge in [0.2, 0.25) is 0 Å². The number of pyridine rings is 1. The summed E-state index contributed by atoms with van der Waals surface area (Å²) >= 11 is 0. The highest BCUT2D eigenvalue weighted by molar-refractivity contribution is 5.97. The zero-order chi connectivity index (χ0) is 18.4. The number of rotatable bonds is 6. The first kappa shape index (κ1) is 18.4. The molecular formula is C19H22N2O4. The summed E-state index contributed by atoms with van der Waals surface area (Å²) in [7, 11) is 0. The zero-order valence-corrected chi connectivity index (χ0v) is 14.6. The van der Waals surface area contributed by atoms with Gasteiger partial charge in [-0.2, -0.15) is 4.73 Å². The van der Waals surface area contributed by atoms with Gasteiger partial charge in [0.05, 0.1) is 0 Å². The number of benzene rings is 1. The molecule has 2 aromatic rings. The summed E-state index contributed by atoms with van der Waals surface area (Å²) in [6, 6.07) is 11.9. The van der Waals surface area contributed by atoms with Crippen molar-refractivity contribution in [2.45, 2.75) is 39.2 Å². The second-order valence-electron chi connectivity index (χ2n) is 5.85. The summed E-state index contributed by atoms with van der Waals surface area (Å²) < 4.78 is 5.51.